The fourth-order valence-corrected chi connectivity index (χ4v) is 8.21. The van der Waals surface area contributed by atoms with Gasteiger partial charge in [0.25, 0.3) is 0 Å². The quantitative estimate of drug-likeness (QED) is 0.143. The fourth-order valence-electron chi connectivity index (χ4n) is 8.21. The first-order chi connectivity index (χ1) is 18.4. The molecule has 12 nitrogen and oxygen atoms in total. The molecule has 260 valence electrons. The normalized spacial score (nSPS) is 33.9. The van der Waals surface area contributed by atoms with Gasteiger partial charge in [-0.2, -0.15) is 10.2 Å². The van der Waals surface area contributed by atoms with Crippen LogP contribution in [0.2, 0.25) is 0 Å². The Labute approximate surface area is 265 Å². The molecule has 4 rings (SSSR count). The molecule has 0 bridgehead atoms. The highest BCUT2D eigenvalue weighted by atomic mass is 16.5. The van der Waals surface area contributed by atoms with E-state index in [1.54, 1.807) is 0 Å². The van der Waals surface area contributed by atoms with Crippen molar-refractivity contribution in [3.05, 3.63) is 0 Å². The lowest BCUT2D eigenvalue weighted by Gasteiger charge is -2.28. The number of ether oxygens (including phenoxy) is 2. The zero-order valence-electron chi connectivity index (χ0n) is 29.1. The predicted octanol–water partition coefficient (Wildman–Crippen LogP) is 2.87. The van der Waals surface area contributed by atoms with E-state index >= 15 is 0 Å². The topological polar surface area (TPSA) is 246 Å². The number of aliphatic imine (C=N–C) groups is 2. The van der Waals surface area contributed by atoms with E-state index in [1.807, 2.05) is 27.7 Å². The van der Waals surface area contributed by atoms with E-state index in [0.717, 1.165) is 24.7 Å². The van der Waals surface area contributed by atoms with Gasteiger partial charge in [0.15, 0.2) is 0 Å². The molecular weight excluding hydrogens is 564 g/mol. The molecule has 44 heavy (non-hydrogen) atoms. The van der Waals surface area contributed by atoms with Crippen LogP contribution in [0.1, 0.15) is 108 Å². The van der Waals surface area contributed by atoms with Crippen molar-refractivity contribution in [2.24, 2.45) is 66.2 Å². The summed E-state index contributed by atoms with van der Waals surface area (Å²) in [5.41, 5.74) is 11.8. The number of nitrogens with two attached hydrogens (primary N) is 2. The molecule has 0 aromatic carbocycles. The lowest BCUT2D eigenvalue weighted by molar-refractivity contribution is -0.0212. The Kier molecular flexibility index (Phi) is 13.8. The van der Waals surface area contributed by atoms with Crippen LogP contribution in [0.15, 0.2) is 20.2 Å². The first-order valence-corrected chi connectivity index (χ1v) is 15.8. The van der Waals surface area contributed by atoms with Gasteiger partial charge < -0.3 is 42.8 Å². The summed E-state index contributed by atoms with van der Waals surface area (Å²) in [4.78, 5) is 9.22. The molecular formula is C32H66N6O6. The van der Waals surface area contributed by atoms with Gasteiger partial charge in [0.2, 0.25) is 0 Å². The zero-order chi connectivity index (χ0) is 29.8. The van der Waals surface area contributed by atoms with Gasteiger partial charge in [-0.15, -0.1) is 0 Å². The number of fused-ring (bicyclic) bond motifs is 2. The largest absolute Gasteiger partial charge is 0.412 e. The lowest BCUT2D eigenvalue weighted by atomic mass is 9.88. The fraction of sp³-hybridized carbons (Fsp3) is 0.938. The summed E-state index contributed by atoms with van der Waals surface area (Å²) in [7, 11) is 0. The highest BCUT2D eigenvalue weighted by molar-refractivity contribution is 5.90. The Bertz CT molecular complexity index is 964. The maximum atomic E-state index is 6.49. The van der Waals surface area contributed by atoms with Crippen molar-refractivity contribution in [2.75, 3.05) is 26.3 Å². The number of amidine groups is 2. The molecule has 4 saturated carbocycles. The number of nitrogens with zero attached hydrogens (tertiary/aromatic N) is 4. The van der Waals surface area contributed by atoms with E-state index in [4.69, 9.17) is 20.9 Å². The van der Waals surface area contributed by atoms with Crippen LogP contribution in [0.3, 0.4) is 0 Å². The van der Waals surface area contributed by atoms with Crippen molar-refractivity contribution in [3.8, 4) is 0 Å². The van der Waals surface area contributed by atoms with Crippen LogP contribution in [-0.2, 0) is 9.47 Å². The molecule has 12 N–H and O–H groups in total. The standard InChI is InChI=1S/C32H58N6O2.4H2O/c1-21-11-13-23-27(3,4)31(23,19-21)39-17-15-35-25(33)29(7,8)37-38-30(9,10)26(34)36-16-18-40-32-20-22(2)12-14-24(32)28(32,5)6;;;;/h21-24H,11-20H2,1-10H3,(H2,33,35)(H2,34,36);4*1H2. The highest BCUT2D eigenvalue weighted by Crippen LogP contribution is 2.71. The molecule has 0 spiro atoms. The minimum atomic E-state index is -0.747. The lowest BCUT2D eigenvalue weighted by Crippen LogP contribution is -2.40. The number of azo groups is 1. The van der Waals surface area contributed by atoms with Crippen LogP contribution in [0.5, 0.6) is 0 Å². The van der Waals surface area contributed by atoms with E-state index in [2.05, 4.69) is 61.8 Å². The second-order valence-electron chi connectivity index (χ2n) is 15.6. The highest BCUT2D eigenvalue weighted by Gasteiger charge is 2.73. The predicted molar refractivity (Wildman–Crippen MR) is 178 cm³/mol. The van der Waals surface area contributed by atoms with Gasteiger partial charge in [-0.1, -0.05) is 54.4 Å². The van der Waals surface area contributed by atoms with Gasteiger partial charge in [-0.25, -0.2) is 0 Å². The van der Waals surface area contributed by atoms with Crippen LogP contribution in [0, 0.1) is 34.5 Å². The van der Waals surface area contributed by atoms with E-state index in [1.165, 1.54) is 25.7 Å². The molecule has 0 aromatic heterocycles. The average molecular weight is 631 g/mol. The first-order valence-electron chi connectivity index (χ1n) is 15.8. The molecule has 0 aliphatic heterocycles. The van der Waals surface area contributed by atoms with Crippen molar-refractivity contribution in [1.82, 2.24) is 0 Å². The summed E-state index contributed by atoms with van der Waals surface area (Å²) < 4.78 is 13.0. The third-order valence-corrected chi connectivity index (χ3v) is 11.4. The van der Waals surface area contributed by atoms with Crippen molar-refractivity contribution in [2.45, 2.75) is 130 Å². The molecule has 6 atom stereocenters. The van der Waals surface area contributed by atoms with Gasteiger partial charge in [0, 0.05) is 0 Å². The van der Waals surface area contributed by atoms with Crippen LogP contribution >= 0.6 is 0 Å². The molecule has 6 unspecified atom stereocenters. The molecule has 0 aromatic rings. The first kappa shape index (κ1) is 42.3. The van der Waals surface area contributed by atoms with Gasteiger partial charge in [-0.05, 0) is 87.9 Å². The molecule has 0 saturated heterocycles. The van der Waals surface area contributed by atoms with Gasteiger partial charge in [0.1, 0.15) is 22.7 Å². The molecule has 0 radical (unpaired) electrons. The molecule has 0 amide bonds. The van der Waals surface area contributed by atoms with E-state index in [-0.39, 0.29) is 43.9 Å². The van der Waals surface area contributed by atoms with E-state index in [9.17, 15) is 0 Å². The van der Waals surface area contributed by atoms with Crippen molar-refractivity contribution in [1.29, 1.82) is 0 Å². The average Bonchev–Trinajstić information content (AvgIpc) is 3.56. The molecule has 12 heteroatoms. The summed E-state index contributed by atoms with van der Waals surface area (Å²) in [6, 6.07) is 0. The molecule has 4 fully saturated rings. The maximum absolute atomic E-state index is 6.49. The van der Waals surface area contributed by atoms with E-state index < -0.39 is 11.1 Å². The number of hydrogen-bond donors (Lipinski definition) is 2. The second-order valence-corrected chi connectivity index (χ2v) is 15.6. The summed E-state index contributed by atoms with van der Waals surface area (Å²) in [5.74, 6) is 3.66. The third kappa shape index (κ3) is 7.47. The smallest absolute Gasteiger partial charge is 0.132 e. The molecule has 0 heterocycles. The summed E-state index contributed by atoms with van der Waals surface area (Å²) in [6.07, 6.45) is 7.43. The Morgan fingerprint density at radius 2 is 0.955 bits per heavy atom. The van der Waals surface area contributed by atoms with Crippen molar-refractivity contribution < 1.29 is 31.4 Å². The molecule has 4 aliphatic carbocycles. The summed E-state index contributed by atoms with van der Waals surface area (Å²) in [5, 5.41) is 9.11. The van der Waals surface area contributed by atoms with Crippen LogP contribution in [0.25, 0.3) is 0 Å². The van der Waals surface area contributed by atoms with Gasteiger partial charge >= 0.3 is 0 Å². The Hall–Kier alpha value is -1.70. The Morgan fingerprint density at radius 1 is 0.636 bits per heavy atom. The summed E-state index contributed by atoms with van der Waals surface area (Å²) >= 11 is 0. The maximum Gasteiger partial charge on any atom is 0.132 e. The van der Waals surface area contributed by atoms with Gasteiger partial charge in [-0.3, -0.25) is 9.98 Å². The second kappa shape index (κ2) is 14.4. The van der Waals surface area contributed by atoms with Gasteiger partial charge in [0.05, 0.1) is 37.5 Å². The van der Waals surface area contributed by atoms with Crippen LogP contribution in [-0.4, -0.2) is 82.2 Å². The Balaban J connectivity index is 0.00000462. The monoisotopic (exact) mass is 631 g/mol. The van der Waals surface area contributed by atoms with E-state index in [0.29, 0.717) is 49.8 Å². The minimum absolute atomic E-state index is 0. The number of hydrogen-bond acceptors (Lipinski definition) is 6. The van der Waals surface area contributed by atoms with Crippen molar-refractivity contribution >= 4 is 11.7 Å². The minimum Gasteiger partial charge on any atom is -0.412 e. The van der Waals surface area contributed by atoms with Crippen molar-refractivity contribution in [3.63, 3.8) is 0 Å². The van der Waals surface area contributed by atoms with Crippen LogP contribution < -0.4 is 11.5 Å². The third-order valence-electron chi connectivity index (χ3n) is 11.4. The van der Waals surface area contributed by atoms with Crippen LogP contribution in [0.4, 0.5) is 0 Å². The number of rotatable bonds is 12. The Morgan fingerprint density at radius 3 is 1.27 bits per heavy atom. The molecule has 4 aliphatic rings. The summed E-state index contributed by atoms with van der Waals surface area (Å²) in [6.45, 7) is 24.0. The SMILES string of the molecule is CC1CCC2C(C)(C)C2(OCCN=C(N)C(C)(C)N=NC(C)(C)C(N)=NCCOC23CC(C)CCC2C3(C)C)C1.O.O.O.O. The zero-order valence-corrected chi connectivity index (χ0v) is 29.1.